The van der Waals surface area contributed by atoms with E-state index in [2.05, 4.69) is 36.2 Å². The molecule has 3 nitrogen and oxygen atoms in total. The molecule has 1 aromatic carbocycles. The van der Waals surface area contributed by atoms with Crippen LogP contribution in [0.3, 0.4) is 0 Å². The van der Waals surface area contributed by atoms with Crippen molar-refractivity contribution in [3.8, 4) is 0 Å². The molecule has 1 aliphatic rings. The average molecular weight is 234 g/mol. The minimum absolute atomic E-state index is 0.621. The number of hydrogen-bond acceptors (Lipinski definition) is 3. The number of nitrogens with two attached hydrogens (primary N) is 1. The summed E-state index contributed by atoms with van der Waals surface area (Å²) in [5, 5.41) is 0. The second-order valence-electron chi connectivity index (χ2n) is 4.95. The molecule has 0 amide bonds. The molecule has 0 aliphatic carbocycles. The molecular weight excluding hydrogens is 212 g/mol. The fourth-order valence-electron chi connectivity index (χ4n) is 2.33. The molecule has 0 spiro atoms. The van der Waals surface area contributed by atoms with Crippen molar-refractivity contribution >= 4 is 0 Å². The second kappa shape index (κ2) is 6.15. The van der Waals surface area contributed by atoms with E-state index < -0.39 is 0 Å². The van der Waals surface area contributed by atoms with Crippen molar-refractivity contribution in [3.63, 3.8) is 0 Å². The van der Waals surface area contributed by atoms with Gasteiger partial charge in [0.1, 0.15) is 0 Å². The van der Waals surface area contributed by atoms with Gasteiger partial charge in [-0.2, -0.15) is 0 Å². The summed E-state index contributed by atoms with van der Waals surface area (Å²) in [5.74, 6) is 0.711. The Balaban J connectivity index is 1.81. The zero-order valence-electron chi connectivity index (χ0n) is 10.6. The molecule has 0 saturated carbocycles. The molecule has 2 rings (SSSR count). The molecule has 0 aromatic heterocycles. The Bertz CT molecular complexity index is 331. The Morgan fingerprint density at radius 2 is 2.00 bits per heavy atom. The van der Waals surface area contributed by atoms with E-state index in [0.717, 1.165) is 26.3 Å². The summed E-state index contributed by atoms with van der Waals surface area (Å²) in [7, 11) is 2.18. The number of ether oxygens (including phenoxy) is 1. The Morgan fingerprint density at radius 3 is 2.59 bits per heavy atom. The first-order chi connectivity index (χ1) is 8.28. The molecule has 2 N–H and O–H groups in total. The summed E-state index contributed by atoms with van der Waals surface area (Å²) >= 11 is 0. The van der Waals surface area contributed by atoms with Gasteiger partial charge in [0.2, 0.25) is 0 Å². The van der Waals surface area contributed by atoms with Crippen LogP contribution in [0.15, 0.2) is 24.3 Å². The van der Waals surface area contributed by atoms with Crippen molar-refractivity contribution in [2.45, 2.75) is 19.5 Å². The maximum Gasteiger partial charge on any atom is 0.0507 e. The fraction of sp³-hybridized carbons (Fsp3) is 0.571. The van der Waals surface area contributed by atoms with Crippen molar-refractivity contribution in [3.05, 3.63) is 35.4 Å². The molecule has 1 atom stereocenters. The molecule has 0 bridgehead atoms. The molecule has 0 radical (unpaired) electrons. The number of nitrogens with zero attached hydrogens (tertiary/aromatic N) is 1. The molecular formula is C14H22N2O. The van der Waals surface area contributed by atoms with Gasteiger partial charge in [-0.25, -0.2) is 0 Å². The first-order valence-electron chi connectivity index (χ1n) is 6.32. The Labute approximate surface area is 104 Å². The lowest BCUT2D eigenvalue weighted by molar-refractivity contribution is 0.173. The van der Waals surface area contributed by atoms with Gasteiger partial charge in [-0.1, -0.05) is 24.3 Å². The smallest absolute Gasteiger partial charge is 0.0507 e. The molecule has 1 heterocycles. The van der Waals surface area contributed by atoms with Crippen LogP contribution in [0.2, 0.25) is 0 Å². The predicted molar refractivity (Wildman–Crippen MR) is 69.6 cm³/mol. The van der Waals surface area contributed by atoms with Gasteiger partial charge in [-0.05, 0) is 30.5 Å². The largest absolute Gasteiger partial charge is 0.381 e. The summed E-state index contributed by atoms with van der Waals surface area (Å²) in [5.41, 5.74) is 8.13. The van der Waals surface area contributed by atoms with Gasteiger partial charge in [0.15, 0.2) is 0 Å². The van der Waals surface area contributed by atoms with E-state index in [1.165, 1.54) is 17.5 Å². The monoisotopic (exact) mass is 234 g/mol. The van der Waals surface area contributed by atoms with E-state index in [-0.39, 0.29) is 0 Å². The Morgan fingerprint density at radius 1 is 1.29 bits per heavy atom. The van der Waals surface area contributed by atoms with Crippen molar-refractivity contribution in [1.29, 1.82) is 0 Å². The van der Waals surface area contributed by atoms with Crippen molar-refractivity contribution in [1.82, 2.24) is 4.90 Å². The summed E-state index contributed by atoms with van der Waals surface area (Å²) in [6.07, 6.45) is 1.20. The van der Waals surface area contributed by atoms with Crippen LogP contribution in [-0.2, 0) is 17.8 Å². The molecule has 1 saturated heterocycles. The van der Waals surface area contributed by atoms with E-state index in [0.29, 0.717) is 12.5 Å². The van der Waals surface area contributed by atoms with Crippen LogP contribution in [0.25, 0.3) is 0 Å². The lowest BCUT2D eigenvalue weighted by Crippen LogP contribution is -2.25. The summed E-state index contributed by atoms with van der Waals surface area (Å²) in [6, 6.07) is 8.57. The Kier molecular flexibility index (Phi) is 4.54. The lowest BCUT2D eigenvalue weighted by atomic mass is 10.1. The molecule has 1 unspecified atom stereocenters. The first-order valence-corrected chi connectivity index (χ1v) is 6.32. The lowest BCUT2D eigenvalue weighted by Gasteiger charge is -2.20. The van der Waals surface area contributed by atoms with Gasteiger partial charge in [-0.15, -0.1) is 0 Å². The Hall–Kier alpha value is -0.900. The van der Waals surface area contributed by atoms with Gasteiger partial charge >= 0.3 is 0 Å². The zero-order valence-corrected chi connectivity index (χ0v) is 10.6. The third kappa shape index (κ3) is 3.80. The van der Waals surface area contributed by atoms with Gasteiger partial charge in [-0.3, -0.25) is 0 Å². The molecule has 94 valence electrons. The van der Waals surface area contributed by atoms with Crippen LogP contribution in [0, 0.1) is 5.92 Å². The summed E-state index contributed by atoms with van der Waals surface area (Å²) < 4.78 is 5.40. The minimum atomic E-state index is 0.621. The maximum atomic E-state index is 5.59. The van der Waals surface area contributed by atoms with E-state index in [4.69, 9.17) is 10.5 Å². The summed E-state index contributed by atoms with van der Waals surface area (Å²) in [6.45, 7) is 4.61. The highest BCUT2D eigenvalue weighted by Crippen LogP contribution is 2.14. The number of hydrogen-bond donors (Lipinski definition) is 1. The zero-order chi connectivity index (χ0) is 12.1. The van der Waals surface area contributed by atoms with E-state index >= 15 is 0 Å². The highest BCUT2D eigenvalue weighted by atomic mass is 16.5. The first kappa shape index (κ1) is 12.6. The number of benzene rings is 1. The molecule has 3 heteroatoms. The number of rotatable bonds is 5. The SMILES string of the molecule is CN(Cc1ccc(CN)cc1)CC1CCOC1. The van der Waals surface area contributed by atoms with E-state index in [9.17, 15) is 0 Å². The topological polar surface area (TPSA) is 38.5 Å². The second-order valence-corrected chi connectivity index (χ2v) is 4.95. The van der Waals surface area contributed by atoms with Crippen LogP contribution in [0.5, 0.6) is 0 Å². The fourth-order valence-corrected chi connectivity index (χ4v) is 2.33. The van der Waals surface area contributed by atoms with Crippen molar-refractivity contribution < 1.29 is 4.74 Å². The van der Waals surface area contributed by atoms with Gasteiger partial charge in [0.05, 0.1) is 6.61 Å². The van der Waals surface area contributed by atoms with Crippen LogP contribution in [0.1, 0.15) is 17.5 Å². The maximum absolute atomic E-state index is 5.59. The van der Waals surface area contributed by atoms with Gasteiger partial charge in [0, 0.05) is 26.2 Å². The summed E-state index contributed by atoms with van der Waals surface area (Å²) in [4.78, 5) is 2.37. The third-order valence-corrected chi connectivity index (χ3v) is 3.31. The van der Waals surface area contributed by atoms with Gasteiger partial charge < -0.3 is 15.4 Å². The van der Waals surface area contributed by atoms with Crippen LogP contribution >= 0.6 is 0 Å². The quantitative estimate of drug-likeness (QED) is 0.841. The van der Waals surface area contributed by atoms with E-state index in [1.54, 1.807) is 0 Å². The average Bonchev–Trinajstić information content (AvgIpc) is 2.82. The highest BCUT2D eigenvalue weighted by Gasteiger charge is 2.17. The molecule has 1 aliphatic heterocycles. The minimum Gasteiger partial charge on any atom is -0.381 e. The van der Waals surface area contributed by atoms with Gasteiger partial charge in [0.25, 0.3) is 0 Å². The van der Waals surface area contributed by atoms with Crippen molar-refractivity contribution in [2.24, 2.45) is 11.7 Å². The normalized spacial score (nSPS) is 20.1. The van der Waals surface area contributed by atoms with Crippen LogP contribution < -0.4 is 5.73 Å². The van der Waals surface area contributed by atoms with E-state index in [1.807, 2.05) is 0 Å². The predicted octanol–water partition coefficient (Wildman–Crippen LogP) is 1.61. The van der Waals surface area contributed by atoms with Crippen LogP contribution in [0.4, 0.5) is 0 Å². The highest BCUT2D eigenvalue weighted by molar-refractivity contribution is 5.22. The molecule has 1 aromatic rings. The standard InChI is InChI=1S/C14H22N2O/c1-16(10-14-6-7-17-11-14)9-13-4-2-12(8-15)3-5-13/h2-5,14H,6-11,15H2,1H3. The molecule has 1 fully saturated rings. The molecule has 17 heavy (non-hydrogen) atoms. The van der Waals surface area contributed by atoms with Crippen LogP contribution in [-0.4, -0.2) is 31.7 Å². The third-order valence-electron chi connectivity index (χ3n) is 3.31. The van der Waals surface area contributed by atoms with Crippen molar-refractivity contribution in [2.75, 3.05) is 26.8 Å².